The Hall–Kier alpha value is -2.57. The molecule has 0 aliphatic rings. The first-order valence-corrected chi connectivity index (χ1v) is 6.59. The highest BCUT2D eigenvalue weighted by Crippen LogP contribution is 2.12. The second-order valence-corrected chi connectivity index (χ2v) is 4.90. The summed E-state index contributed by atoms with van der Waals surface area (Å²) in [7, 11) is 1.88. The van der Waals surface area contributed by atoms with Gasteiger partial charge in [-0.2, -0.15) is 5.10 Å². The van der Waals surface area contributed by atoms with E-state index in [-0.39, 0.29) is 11.4 Å². The normalized spacial score (nSPS) is 10.6. The minimum absolute atomic E-state index is 0.0413. The standard InChI is InChI=1S/C14H18N4O3/c1-8-11(9(2)18(3)17-8)4-5-15-14(21)12-6-10(19)7-13(20)16-12/h6-7H,4-5H2,1-3H3,(H,15,21)(H2,16,19,20). The van der Waals surface area contributed by atoms with Gasteiger partial charge in [-0.3, -0.25) is 14.3 Å². The molecule has 0 aliphatic heterocycles. The molecule has 2 aromatic heterocycles. The first-order chi connectivity index (χ1) is 9.88. The molecule has 2 heterocycles. The number of nitrogens with zero attached hydrogens (tertiary/aromatic N) is 2. The van der Waals surface area contributed by atoms with Gasteiger partial charge in [-0.05, 0) is 25.8 Å². The zero-order valence-electron chi connectivity index (χ0n) is 12.2. The van der Waals surface area contributed by atoms with Crippen molar-refractivity contribution in [2.75, 3.05) is 6.54 Å². The Morgan fingerprint density at radius 2 is 2.14 bits per heavy atom. The zero-order chi connectivity index (χ0) is 15.6. The summed E-state index contributed by atoms with van der Waals surface area (Å²) in [5.74, 6) is -0.662. The molecule has 112 valence electrons. The van der Waals surface area contributed by atoms with Crippen LogP contribution in [0.4, 0.5) is 0 Å². The number of amides is 1. The van der Waals surface area contributed by atoms with Crippen molar-refractivity contribution in [2.24, 2.45) is 7.05 Å². The minimum Gasteiger partial charge on any atom is -0.508 e. The number of aryl methyl sites for hydroxylation is 2. The number of pyridine rings is 1. The fourth-order valence-corrected chi connectivity index (χ4v) is 2.23. The number of aromatic hydroxyl groups is 1. The first-order valence-electron chi connectivity index (χ1n) is 6.59. The van der Waals surface area contributed by atoms with Crippen LogP contribution in [0, 0.1) is 13.8 Å². The summed E-state index contributed by atoms with van der Waals surface area (Å²) >= 11 is 0. The molecule has 0 aromatic carbocycles. The molecule has 7 heteroatoms. The lowest BCUT2D eigenvalue weighted by molar-refractivity contribution is 0.0948. The van der Waals surface area contributed by atoms with Gasteiger partial charge in [0.25, 0.3) is 11.5 Å². The van der Waals surface area contributed by atoms with Crippen LogP contribution < -0.4 is 10.9 Å². The Balaban J connectivity index is 2.00. The number of carbonyl (C=O) groups excluding carboxylic acids is 1. The van der Waals surface area contributed by atoms with Crippen LogP contribution in [0.1, 0.15) is 27.4 Å². The summed E-state index contributed by atoms with van der Waals surface area (Å²) in [4.78, 5) is 25.5. The highest BCUT2D eigenvalue weighted by Gasteiger charge is 2.11. The summed E-state index contributed by atoms with van der Waals surface area (Å²) in [6.07, 6.45) is 0.653. The molecule has 0 fully saturated rings. The molecule has 0 aliphatic carbocycles. The summed E-state index contributed by atoms with van der Waals surface area (Å²) in [5, 5.41) is 16.3. The molecule has 0 radical (unpaired) electrons. The summed E-state index contributed by atoms with van der Waals surface area (Å²) < 4.78 is 1.80. The highest BCUT2D eigenvalue weighted by molar-refractivity contribution is 5.92. The Morgan fingerprint density at radius 1 is 1.43 bits per heavy atom. The van der Waals surface area contributed by atoms with Crippen LogP contribution in [0.15, 0.2) is 16.9 Å². The van der Waals surface area contributed by atoms with Crippen LogP contribution >= 0.6 is 0 Å². The van der Waals surface area contributed by atoms with Crippen LogP contribution in [-0.2, 0) is 13.5 Å². The van der Waals surface area contributed by atoms with Gasteiger partial charge in [0.1, 0.15) is 11.4 Å². The van der Waals surface area contributed by atoms with Gasteiger partial charge < -0.3 is 15.4 Å². The maximum Gasteiger partial charge on any atom is 0.267 e. The molecule has 2 aromatic rings. The van der Waals surface area contributed by atoms with E-state index in [2.05, 4.69) is 15.4 Å². The van der Waals surface area contributed by atoms with E-state index in [0.717, 1.165) is 23.0 Å². The van der Waals surface area contributed by atoms with Gasteiger partial charge in [-0.15, -0.1) is 0 Å². The van der Waals surface area contributed by atoms with Gasteiger partial charge in [-0.25, -0.2) is 0 Å². The Labute approximate surface area is 121 Å². The Morgan fingerprint density at radius 3 is 2.71 bits per heavy atom. The quantitative estimate of drug-likeness (QED) is 0.759. The lowest BCUT2D eigenvalue weighted by atomic mass is 10.1. The Kier molecular flexibility index (Phi) is 4.11. The van der Waals surface area contributed by atoms with Gasteiger partial charge >= 0.3 is 0 Å². The van der Waals surface area contributed by atoms with Crippen molar-refractivity contribution < 1.29 is 9.90 Å². The number of hydrogen-bond acceptors (Lipinski definition) is 4. The van der Waals surface area contributed by atoms with Gasteiger partial charge in [0, 0.05) is 31.4 Å². The highest BCUT2D eigenvalue weighted by atomic mass is 16.3. The van der Waals surface area contributed by atoms with Gasteiger partial charge in [0.05, 0.1) is 5.69 Å². The number of aromatic nitrogens is 3. The van der Waals surface area contributed by atoms with Crippen LogP contribution in [0.2, 0.25) is 0 Å². The van der Waals surface area contributed by atoms with E-state index >= 15 is 0 Å². The van der Waals surface area contributed by atoms with E-state index in [0.29, 0.717) is 13.0 Å². The molecule has 7 nitrogen and oxygen atoms in total. The molecule has 0 saturated carbocycles. The largest absolute Gasteiger partial charge is 0.508 e. The number of hydrogen-bond donors (Lipinski definition) is 3. The van der Waals surface area contributed by atoms with Crippen molar-refractivity contribution in [3.63, 3.8) is 0 Å². The Bertz CT molecular complexity index is 730. The SMILES string of the molecule is Cc1nn(C)c(C)c1CCNC(=O)c1cc(O)cc(=O)[nH]1. The first kappa shape index (κ1) is 14.8. The summed E-state index contributed by atoms with van der Waals surface area (Å²) in [6, 6.07) is 2.23. The molecular formula is C14H18N4O3. The maximum absolute atomic E-state index is 11.9. The average Bonchev–Trinajstić information content (AvgIpc) is 2.63. The monoisotopic (exact) mass is 290 g/mol. The van der Waals surface area contributed by atoms with E-state index in [9.17, 15) is 14.7 Å². The van der Waals surface area contributed by atoms with E-state index in [4.69, 9.17) is 0 Å². The van der Waals surface area contributed by atoms with E-state index in [1.807, 2.05) is 20.9 Å². The summed E-state index contributed by atoms with van der Waals surface area (Å²) in [6.45, 7) is 4.32. The van der Waals surface area contributed by atoms with Crippen molar-refractivity contribution in [1.82, 2.24) is 20.1 Å². The molecule has 0 atom stereocenters. The minimum atomic E-state index is -0.515. The van der Waals surface area contributed by atoms with Gasteiger partial charge in [0.15, 0.2) is 0 Å². The smallest absolute Gasteiger partial charge is 0.267 e. The maximum atomic E-state index is 11.9. The van der Waals surface area contributed by atoms with Gasteiger partial charge in [0.2, 0.25) is 0 Å². The molecule has 0 saturated heterocycles. The van der Waals surface area contributed by atoms with Crippen LogP contribution in [0.5, 0.6) is 5.75 Å². The molecular weight excluding hydrogens is 272 g/mol. The number of H-pyrrole nitrogens is 1. The van der Waals surface area contributed by atoms with Crippen molar-refractivity contribution in [3.8, 4) is 5.75 Å². The topological polar surface area (TPSA) is 100 Å². The molecule has 0 unspecified atom stereocenters. The fourth-order valence-electron chi connectivity index (χ4n) is 2.23. The number of aromatic amines is 1. The van der Waals surface area contributed by atoms with E-state index in [1.165, 1.54) is 6.07 Å². The number of carbonyl (C=O) groups is 1. The number of rotatable bonds is 4. The summed E-state index contributed by atoms with van der Waals surface area (Å²) in [5.41, 5.74) is 2.63. The second-order valence-electron chi connectivity index (χ2n) is 4.90. The molecule has 0 spiro atoms. The molecule has 2 rings (SSSR count). The van der Waals surface area contributed by atoms with Crippen molar-refractivity contribution in [3.05, 3.63) is 45.1 Å². The van der Waals surface area contributed by atoms with Crippen LogP contribution in [0.3, 0.4) is 0 Å². The molecule has 1 amide bonds. The number of nitrogens with one attached hydrogen (secondary N) is 2. The third kappa shape index (κ3) is 3.31. The van der Waals surface area contributed by atoms with Gasteiger partial charge in [-0.1, -0.05) is 0 Å². The van der Waals surface area contributed by atoms with Crippen molar-refractivity contribution >= 4 is 5.91 Å². The lowest BCUT2D eigenvalue weighted by Crippen LogP contribution is -2.28. The van der Waals surface area contributed by atoms with Crippen molar-refractivity contribution in [1.29, 1.82) is 0 Å². The van der Waals surface area contributed by atoms with E-state index < -0.39 is 11.5 Å². The third-order valence-electron chi connectivity index (χ3n) is 3.39. The van der Waals surface area contributed by atoms with Crippen LogP contribution in [-0.4, -0.2) is 32.3 Å². The second kappa shape index (κ2) is 5.82. The lowest BCUT2D eigenvalue weighted by Gasteiger charge is -2.06. The zero-order valence-corrected chi connectivity index (χ0v) is 12.2. The predicted octanol–water partition coefficient (Wildman–Crippen LogP) is 0.403. The molecule has 3 N–H and O–H groups in total. The molecule has 0 bridgehead atoms. The van der Waals surface area contributed by atoms with Crippen LogP contribution in [0.25, 0.3) is 0 Å². The predicted molar refractivity (Wildman–Crippen MR) is 77.4 cm³/mol. The third-order valence-corrected chi connectivity index (χ3v) is 3.39. The molecule has 21 heavy (non-hydrogen) atoms. The van der Waals surface area contributed by atoms with Crippen molar-refractivity contribution in [2.45, 2.75) is 20.3 Å². The van der Waals surface area contributed by atoms with E-state index in [1.54, 1.807) is 4.68 Å². The average molecular weight is 290 g/mol. The fraction of sp³-hybridized carbons (Fsp3) is 0.357.